The molecule has 2 aliphatic carbocycles. The molecule has 2 saturated carbocycles. The number of hydrogen-bond acceptors (Lipinski definition) is 0. The lowest BCUT2D eigenvalue weighted by Crippen LogP contribution is -2.24. The van der Waals surface area contributed by atoms with Crippen molar-refractivity contribution in [2.75, 3.05) is 0 Å². The van der Waals surface area contributed by atoms with Gasteiger partial charge in [0.25, 0.3) is 0 Å². The molecule has 0 nitrogen and oxygen atoms in total. The van der Waals surface area contributed by atoms with E-state index >= 15 is 0 Å². The summed E-state index contributed by atoms with van der Waals surface area (Å²) in [5.74, 6) is 3.33. The summed E-state index contributed by atoms with van der Waals surface area (Å²) >= 11 is 0. The van der Waals surface area contributed by atoms with Crippen molar-refractivity contribution in [1.82, 2.24) is 0 Å². The monoisotopic (exact) mass is 164 g/mol. The molecule has 0 aromatic heterocycles. The molecule has 68 valence electrons. The Morgan fingerprint density at radius 1 is 0.917 bits per heavy atom. The second-order valence-corrected chi connectivity index (χ2v) is 5.27. The highest BCUT2D eigenvalue weighted by atomic mass is 14.4. The Bertz CT molecular complexity index is 153. The van der Waals surface area contributed by atoms with Crippen LogP contribution in [0.3, 0.4) is 0 Å². The minimum atomic E-state index is 0.937. The fraction of sp³-hybridized carbons (Fsp3) is 1.00. The molecule has 12 heavy (non-hydrogen) atoms. The second kappa shape index (κ2) is 3.43. The minimum Gasteiger partial charge on any atom is -0.0861 e. The summed E-state index contributed by atoms with van der Waals surface area (Å²) in [5.41, 5.74) is 0. The lowest BCUT2D eigenvalue weighted by Gasteiger charge is -2.33. The summed E-state index contributed by atoms with van der Waals surface area (Å²) in [4.78, 5) is 0. The molecule has 0 heterocycles. The highest BCUT2D eigenvalue weighted by molar-refractivity contribution is 6.57. The van der Waals surface area contributed by atoms with Gasteiger partial charge in [0.2, 0.25) is 0 Å². The lowest BCUT2D eigenvalue weighted by atomic mass is 9.41. The number of rotatable bonds is 1. The van der Waals surface area contributed by atoms with Crippen LogP contribution in [0.5, 0.6) is 0 Å². The molecular formula is C11H21B. The molecule has 2 aliphatic rings. The number of hydrogen-bond donors (Lipinski definition) is 0. The largest absolute Gasteiger partial charge is 0.136 e. The van der Waals surface area contributed by atoms with Crippen molar-refractivity contribution in [3.8, 4) is 0 Å². The SMILES string of the molecule is CB(C)C1CCC2CCCC2C1. The van der Waals surface area contributed by atoms with Crippen LogP contribution in [-0.2, 0) is 0 Å². The van der Waals surface area contributed by atoms with Gasteiger partial charge in [0.1, 0.15) is 6.71 Å². The summed E-state index contributed by atoms with van der Waals surface area (Å²) in [6, 6.07) is 0. The van der Waals surface area contributed by atoms with E-state index in [2.05, 4.69) is 13.6 Å². The van der Waals surface area contributed by atoms with Gasteiger partial charge in [-0.2, -0.15) is 0 Å². The maximum absolute atomic E-state index is 2.40. The molecule has 3 atom stereocenters. The fourth-order valence-corrected chi connectivity index (χ4v) is 3.34. The third kappa shape index (κ3) is 1.55. The van der Waals surface area contributed by atoms with Crippen molar-refractivity contribution < 1.29 is 0 Å². The Hall–Kier alpha value is 0.0649. The van der Waals surface area contributed by atoms with Gasteiger partial charge in [-0.1, -0.05) is 58.0 Å². The lowest BCUT2D eigenvalue weighted by molar-refractivity contribution is 0.275. The number of fused-ring (bicyclic) bond motifs is 1. The Balaban J connectivity index is 1.92. The quantitative estimate of drug-likeness (QED) is 0.518. The maximum Gasteiger partial charge on any atom is 0.136 e. The van der Waals surface area contributed by atoms with Crippen LogP contribution in [0.2, 0.25) is 19.5 Å². The van der Waals surface area contributed by atoms with E-state index < -0.39 is 0 Å². The van der Waals surface area contributed by atoms with Gasteiger partial charge >= 0.3 is 0 Å². The van der Waals surface area contributed by atoms with E-state index in [-0.39, 0.29) is 0 Å². The van der Waals surface area contributed by atoms with E-state index in [1.165, 1.54) is 12.8 Å². The molecule has 0 bridgehead atoms. The molecule has 0 amide bonds. The van der Waals surface area contributed by atoms with E-state index in [0.29, 0.717) is 0 Å². The first-order valence-electron chi connectivity index (χ1n) is 5.77. The standard InChI is InChI=1S/C11H21B/c1-12(2)11-7-6-9-4-3-5-10(9)8-11/h9-11H,3-8H2,1-2H3. The van der Waals surface area contributed by atoms with E-state index in [1.54, 1.807) is 25.7 Å². The van der Waals surface area contributed by atoms with Gasteiger partial charge in [-0.25, -0.2) is 0 Å². The van der Waals surface area contributed by atoms with Crippen LogP contribution < -0.4 is 0 Å². The zero-order valence-corrected chi connectivity index (χ0v) is 8.55. The summed E-state index contributed by atoms with van der Waals surface area (Å²) in [6.45, 7) is 5.74. The zero-order chi connectivity index (χ0) is 8.55. The van der Waals surface area contributed by atoms with E-state index in [9.17, 15) is 0 Å². The zero-order valence-electron chi connectivity index (χ0n) is 8.55. The summed E-state index contributed by atoms with van der Waals surface area (Å²) in [7, 11) is 0. The van der Waals surface area contributed by atoms with Crippen molar-refractivity contribution in [1.29, 1.82) is 0 Å². The summed E-state index contributed by atoms with van der Waals surface area (Å²) in [5, 5.41) is 0. The minimum absolute atomic E-state index is 0.937. The third-order valence-electron chi connectivity index (χ3n) is 4.27. The van der Waals surface area contributed by atoms with E-state index in [4.69, 9.17) is 0 Å². The highest BCUT2D eigenvalue weighted by Crippen LogP contribution is 2.47. The smallest absolute Gasteiger partial charge is 0.0861 e. The van der Waals surface area contributed by atoms with E-state index in [0.717, 1.165) is 24.4 Å². The fourth-order valence-electron chi connectivity index (χ4n) is 3.34. The van der Waals surface area contributed by atoms with Crippen LogP contribution in [-0.4, -0.2) is 6.71 Å². The van der Waals surface area contributed by atoms with Crippen molar-refractivity contribution in [2.45, 2.75) is 58.0 Å². The van der Waals surface area contributed by atoms with Gasteiger partial charge < -0.3 is 0 Å². The topological polar surface area (TPSA) is 0 Å². The van der Waals surface area contributed by atoms with Gasteiger partial charge in [0.05, 0.1) is 0 Å². The average Bonchev–Trinajstić information content (AvgIpc) is 2.49. The predicted octanol–water partition coefficient (Wildman–Crippen LogP) is 3.71. The molecule has 1 heteroatoms. The molecule has 0 aromatic rings. The van der Waals surface area contributed by atoms with Gasteiger partial charge in [-0.05, 0) is 11.8 Å². The van der Waals surface area contributed by atoms with Crippen molar-refractivity contribution in [3.05, 3.63) is 0 Å². The summed E-state index contributed by atoms with van der Waals surface area (Å²) in [6.07, 6.45) is 9.26. The molecular weight excluding hydrogens is 143 g/mol. The third-order valence-corrected chi connectivity index (χ3v) is 4.27. The molecule has 0 spiro atoms. The van der Waals surface area contributed by atoms with Gasteiger partial charge in [-0.3, -0.25) is 0 Å². The van der Waals surface area contributed by atoms with Crippen molar-refractivity contribution in [2.24, 2.45) is 11.8 Å². The molecule has 2 fully saturated rings. The Morgan fingerprint density at radius 2 is 1.67 bits per heavy atom. The predicted molar refractivity (Wildman–Crippen MR) is 55.9 cm³/mol. The van der Waals surface area contributed by atoms with E-state index in [1.807, 2.05) is 0 Å². The molecule has 2 rings (SSSR count). The van der Waals surface area contributed by atoms with Crippen molar-refractivity contribution >= 4 is 6.71 Å². The van der Waals surface area contributed by atoms with Crippen LogP contribution in [0, 0.1) is 11.8 Å². The molecule has 3 unspecified atom stereocenters. The van der Waals surface area contributed by atoms with Crippen LogP contribution >= 0.6 is 0 Å². The van der Waals surface area contributed by atoms with Crippen LogP contribution in [0.25, 0.3) is 0 Å². The van der Waals surface area contributed by atoms with Crippen LogP contribution in [0.15, 0.2) is 0 Å². The molecule has 0 radical (unpaired) electrons. The average molecular weight is 164 g/mol. The molecule has 0 aromatic carbocycles. The van der Waals surface area contributed by atoms with Crippen LogP contribution in [0.1, 0.15) is 38.5 Å². The molecule has 0 N–H and O–H groups in total. The Labute approximate surface area is 77.2 Å². The first-order chi connectivity index (χ1) is 5.77. The maximum atomic E-state index is 2.40. The summed E-state index contributed by atoms with van der Waals surface area (Å²) < 4.78 is 0. The second-order valence-electron chi connectivity index (χ2n) is 5.27. The first-order valence-corrected chi connectivity index (χ1v) is 5.77. The van der Waals surface area contributed by atoms with Gasteiger partial charge in [0.15, 0.2) is 0 Å². The van der Waals surface area contributed by atoms with Gasteiger partial charge in [0, 0.05) is 0 Å². The Morgan fingerprint density at radius 3 is 2.42 bits per heavy atom. The molecule has 0 saturated heterocycles. The molecule has 0 aliphatic heterocycles. The Kier molecular flexibility index (Phi) is 2.48. The first kappa shape index (κ1) is 8.65. The van der Waals surface area contributed by atoms with Crippen molar-refractivity contribution in [3.63, 3.8) is 0 Å². The highest BCUT2D eigenvalue weighted by Gasteiger charge is 2.34. The van der Waals surface area contributed by atoms with Gasteiger partial charge in [-0.15, -0.1) is 0 Å². The normalized spacial score (nSPS) is 41.0. The van der Waals surface area contributed by atoms with Crippen LogP contribution in [0.4, 0.5) is 0 Å².